The summed E-state index contributed by atoms with van der Waals surface area (Å²) in [6.45, 7) is 3.78. The summed E-state index contributed by atoms with van der Waals surface area (Å²) < 4.78 is 1.99. The fourth-order valence-electron chi connectivity index (χ4n) is 3.50. The summed E-state index contributed by atoms with van der Waals surface area (Å²) in [7, 11) is 0. The van der Waals surface area contributed by atoms with Crippen LogP contribution in [0.4, 0.5) is 0 Å². The van der Waals surface area contributed by atoms with Crippen LogP contribution in [0.25, 0.3) is 5.65 Å². The summed E-state index contributed by atoms with van der Waals surface area (Å²) in [6, 6.07) is 6.05. The van der Waals surface area contributed by atoms with Crippen LogP contribution in [0.15, 0.2) is 24.4 Å². The minimum Gasteiger partial charge on any atom is -0.331 e. The maximum atomic E-state index is 12.6. The Hall–Kier alpha value is -1.59. The number of hydrogen-bond donors (Lipinski definition) is 1. The summed E-state index contributed by atoms with van der Waals surface area (Å²) in [4.78, 5) is 18.9. The lowest BCUT2D eigenvalue weighted by Crippen LogP contribution is -2.38. The van der Waals surface area contributed by atoms with Crippen LogP contribution in [0.5, 0.6) is 0 Å². The second-order valence-corrected chi connectivity index (χ2v) is 6.06. The Kier molecular flexibility index (Phi) is 4.36. The van der Waals surface area contributed by atoms with Crippen molar-refractivity contribution in [3.05, 3.63) is 35.8 Å². The first-order chi connectivity index (χ1) is 10.3. The Balaban J connectivity index is 0.00000144. The molecule has 0 bridgehead atoms. The van der Waals surface area contributed by atoms with Gasteiger partial charge in [-0.05, 0) is 50.4 Å². The van der Waals surface area contributed by atoms with Crippen molar-refractivity contribution in [1.29, 1.82) is 0 Å². The number of amides is 1. The summed E-state index contributed by atoms with van der Waals surface area (Å²) in [6.07, 6.45) is 5.28. The average molecular weight is 321 g/mol. The van der Waals surface area contributed by atoms with E-state index < -0.39 is 0 Å². The van der Waals surface area contributed by atoms with Gasteiger partial charge in [0.1, 0.15) is 11.3 Å². The topological polar surface area (TPSA) is 49.6 Å². The number of imidazole rings is 1. The molecule has 5 nitrogen and oxygen atoms in total. The average Bonchev–Trinajstić information content (AvgIpc) is 2.96. The zero-order valence-corrected chi connectivity index (χ0v) is 13.3. The van der Waals surface area contributed by atoms with Crippen LogP contribution >= 0.6 is 12.4 Å². The van der Waals surface area contributed by atoms with Gasteiger partial charge in [0, 0.05) is 12.2 Å². The van der Waals surface area contributed by atoms with Crippen LogP contribution < -0.4 is 5.32 Å². The van der Waals surface area contributed by atoms with Gasteiger partial charge in [0.05, 0.1) is 12.7 Å². The van der Waals surface area contributed by atoms with Crippen LogP contribution in [0, 0.1) is 5.92 Å². The van der Waals surface area contributed by atoms with Gasteiger partial charge in [-0.1, -0.05) is 6.07 Å². The first-order valence-electron chi connectivity index (χ1n) is 7.78. The molecule has 0 aliphatic carbocycles. The molecule has 6 heteroatoms. The van der Waals surface area contributed by atoms with E-state index in [1.54, 1.807) is 6.20 Å². The molecule has 4 rings (SSSR count). The molecule has 0 radical (unpaired) electrons. The van der Waals surface area contributed by atoms with Gasteiger partial charge in [-0.2, -0.15) is 0 Å². The number of nitrogens with zero attached hydrogens (tertiary/aromatic N) is 3. The van der Waals surface area contributed by atoms with Gasteiger partial charge < -0.3 is 10.2 Å². The minimum atomic E-state index is 0. The second kappa shape index (κ2) is 6.26. The number of pyridine rings is 1. The largest absolute Gasteiger partial charge is 0.331 e. The Labute approximate surface area is 136 Å². The molecule has 1 saturated heterocycles. The summed E-state index contributed by atoms with van der Waals surface area (Å²) in [5.41, 5.74) is 2.73. The quantitative estimate of drug-likeness (QED) is 0.942. The van der Waals surface area contributed by atoms with Gasteiger partial charge >= 0.3 is 0 Å². The van der Waals surface area contributed by atoms with Crippen molar-refractivity contribution < 1.29 is 4.79 Å². The van der Waals surface area contributed by atoms with Crippen LogP contribution in [-0.2, 0) is 6.54 Å². The number of hydrogen-bond acceptors (Lipinski definition) is 3. The molecular weight excluding hydrogens is 300 g/mol. The molecule has 4 heterocycles. The Bertz CT molecular complexity index is 678. The Morgan fingerprint density at radius 1 is 1.27 bits per heavy atom. The molecule has 0 aromatic carbocycles. The zero-order valence-electron chi connectivity index (χ0n) is 12.5. The number of nitrogens with one attached hydrogen (secondary N) is 1. The lowest BCUT2D eigenvalue weighted by Gasteiger charge is -2.30. The number of halogens is 1. The van der Waals surface area contributed by atoms with Crippen LogP contribution in [0.3, 0.4) is 0 Å². The van der Waals surface area contributed by atoms with E-state index in [-0.39, 0.29) is 18.3 Å². The molecule has 118 valence electrons. The maximum Gasteiger partial charge on any atom is 0.272 e. The molecule has 1 fully saturated rings. The van der Waals surface area contributed by atoms with E-state index in [9.17, 15) is 4.79 Å². The monoisotopic (exact) mass is 320 g/mol. The number of rotatable bonds is 3. The third kappa shape index (κ3) is 2.59. The molecule has 0 spiro atoms. The standard InChI is InChI=1S/C16H20N4O.ClH/c21-16-14-10-18-15-3-1-2-13(20(14)15)11-19(16)9-6-12-4-7-17-8-5-12;/h1-3,10,12,17H,4-9,11H2;1H. The summed E-state index contributed by atoms with van der Waals surface area (Å²) >= 11 is 0. The van der Waals surface area contributed by atoms with E-state index in [0.29, 0.717) is 12.2 Å². The van der Waals surface area contributed by atoms with E-state index in [1.807, 2.05) is 21.4 Å². The second-order valence-electron chi connectivity index (χ2n) is 6.06. The zero-order chi connectivity index (χ0) is 14.2. The van der Waals surface area contributed by atoms with Gasteiger partial charge in [0.25, 0.3) is 5.91 Å². The van der Waals surface area contributed by atoms with Crippen molar-refractivity contribution in [2.24, 2.45) is 5.92 Å². The van der Waals surface area contributed by atoms with Crippen molar-refractivity contribution in [2.45, 2.75) is 25.8 Å². The van der Waals surface area contributed by atoms with E-state index >= 15 is 0 Å². The maximum absolute atomic E-state index is 12.6. The van der Waals surface area contributed by atoms with Crippen molar-refractivity contribution in [3.8, 4) is 0 Å². The molecule has 2 aliphatic rings. The molecule has 1 N–H and O–H groups in total. The van der Waals surface area contributed by atoms with Crippen LogP contribution in [-0.4, -0.2) is 39.8 Å². The Morgan fingerprint density at radius 3 is 2.91 bits per heavy atom. The molecule has 0 unspecified atom stereocenters. The van der Waals surface area contributed by atoms with Gasteiger partial charge in [0.2, 0.25) is 0 Å². The SMILES string of the molecule is Cl.O=C1c2cnc3cccc(n23)CN1CCC1CCNCC1. The van der Waals surface area contributed by atoms with Crippen molar-refractivity contribution >= 4 is 24.0 Å². The predicted molar refractivity (Wildman–Crippen MR) is 87.4 cm³/mol. The Morgan fingerprint density at radius 2 is 2.09 bits per heavy atom. The fourth-order valence-corrected chi connectivity index (χ4v) is 3.50. The number of carbonyl (C=O) groups excluding carboxylic acids is 1. The van der Waals surface area contributed by atoms with Crippen LogP contribution in [0.2, 0.25) is 0 Å². The third-order valence-electron chi connectivity index (χ3n) is 4.74. The molecule has 2 aromatic rings. The van der Waals surface area contributed by atoms with Crippen molar-refractivity contribution in [3.63, 3.8) is 0 Å². The normalized spacial score (nSPS) is 18.5. The lowest BCUT2D eigenvalue weighted by atomic mass is 9.94. The predicted octanol–water partition coefficient (Wildman–Crippen LogP) is 2.10. The molecule has 22 heavy (non-hydrogen) atoms. The van der Waals surface area contributed by atoms with Gasteiger partial charge in [0.15, 0.2) is 0 Å². The number of carbonyl (C=O) groups is 1. The van der Waals surface area contributed by atoms with E-state index in [0.717, 1.165) is 43.3 Å². The summed E-state index contributed by atoms with van der Waals surface area (Å²) in [5, 5.41) is 3.39. The smallest absolute Gasteiger partial charge is 0.272 e. The van der Waals surface area contributed by atoms with E-state index in [4.69, 9.17) is 0 Å². The number of aromatic nitrogens is 2. The molecule has 1 amide bonds. The van der Waals surface area contributed by atoms with Crippen molar-refractivity contribution in [2.75, 3.05) is 19.6 Å². The van der Waals surface area contributed by atoms with Crippen LogP contribution in [0.1, 0.15) is 35.4 Å². The highest BCUT2D eigenvalue weighted by molar-refractivity contribution is 5.94. The van der Waals surface area contributed by atoms with Gasteiger partial charge in [-0.25, -0.2) is 4.98 Å². The molecule has 0 atom stereocenters. The highest BCUT2D eigenvalue weighted by atomic mass is 35.5. The molecular formula is C16H21ClN4O. The molecule has 2 aliphatic heterocycles. The van der Waals surface area contributed by atoms with Crippen molar-refractivity contribution in [1.82, 2.24) is 19.6 Å². The molecule has 2 aromatic heterocycles. The third-order valence-corrected chi connectivity index (χ3v) is 4.74. The van der Waals surface area contributed by atoms with Gasteiger partial charge in [-0.3, -0.25) is 9.20 Å². The first-order valence-corrected chi connectivity index (χ1v) is 7.78. The highest BCUT2D eigenvalue weighted by Gasteiger charge is 2.27. The van der Waals surface area contributed by atoms with E-state index in [1.165, 1.54) is 12.8 Å². The van der Waals surface area contributed by atoms with E-state index in [2.05, 4.69) is 16.4 Å². The minimum absolute atomic E-state index is 0. The highest BCUT2D eigenvalue weighted by Crippen LogP contribution is 2.23. The van der Waals surface area contributed by atoms with Gasteiger partial charge in [-0.15, -0.1) is 12.4 Å². The fraction of sp³-hybridized carbons (Fsp3) is 0.500. The lowest BCUT2D eigenvalue weighted by molar-refractivity contribution is 0.0700. The number of piperidine rings is 1. The first kappa shape index (κ1) is 15.3. The summed E-state index contributed by atoms with van der Waals surface area (Å²) in [5.74, 6) is 0.872. The molecule has 0 saturated carbocycles.